The van der Waals surface area contributed by atoms with Crippen LogP contribution in [0.25, 0.3) is 143 Å². The average Bonchev–Trinajstić information content (AvgIpc) is 1.44. The number of rotatable bonds is 3. The van der Waals surface area contributed by atoms with Crippen molar-refractivity contribution in [3.05, 3.63) is 189 Å². The summed E-state index contributed by atoms with van der Waals surface area (Å²) in [4.78, 5) is 47.1. The Labute approximate surface area is 533 Å². The number of aromatic amines is 2. The van der Waals surface area contributed by atoms with Gasteiger partial charge in [-0.3, -0.25) is 0 Å². The van der Waals surface area contributed by atoms with Crippen molar-refractivity contribution >= 4 is 122 Å². The molecule has 13 aromatic rings. The largest absolute Gasteiger partial charge is 0.386 e. The summed E-state index contributed by atoms with van der Waals surface area (Å²) in [5.41, 5.74) is 21.1. The molecule has 15 rings (SSSR count). The Morgan fingerprint density at radius 1 is 0.308 bits per heavy atom. The Balaban J connectivity index is 1.18. The van der Waals surface area contributed by atoms with Crippen LogP contribution < -0.4 is 0 Å². The molecule has 454 valence electrons. The van der Waals surface area contributed by atoms with Gasteiger partial charge in [-0.15, -0.1) is 0 Å². The molecule has 0 radical (unpaired) electrons. The molecule has 7 heteroatoms. The number of ether oxygens (including phenoxy) is 1. The first-order valence-electron chi connectivity index (χ1n) is 32.4. The second kappa shape index (κ2) is 19.2. The predicted octanol–water partition coefficient (Wildman–Crippen LogP) is 22.7. The number of fused-ring (bicyclic) bond motifs is 12. The molecular formula is C84H80N4O3. The van der Waals surface area contributed by atoms with Gasteiger partial charge in [-0.05, 0) is 186 Å². The second-order valence-electron chi connectivity index (χ2n) is 32.4. The van der Waals surface area contributed by atoms with E-state index >= 15 is 0 Å². The summed E-state index contributed by atoms with van der Waals surface area (Å²) in [6, 6.07) is 49.7. The number of carbonyl (C=O) groups is 2. The third kappa shape index (κ3) is 9.18. The van der Waals surface area contributed by atoms with Gasteiger partial charge in [0.15, 0.2) is 0 Å². The van der Waals surface area contributed by atoms with Crippen molar-refractivity contribution in [2.75, 3.05) is 0 Å². The van der Waals surface area contributed by atoms with E-state index < -0.39 is 11.9 Å². The summed E-state index contributed by atoms with van der Waals surface area (Å²) < 4.78 is 5.27. The Hall–Kier alpha value is -9.20. The highest BCUT2D eigenvalue weighted by molar-refractivity contribution is 6.43. The molecule has 0 fully saturated rings. The van der Waals surface area contributed by atoms with E-state index in [1.165, 1.54) is 33.4 Å². The fourth-order valence-electron chi connectivity index (χ4n) is 14.5. The number of aromatic nitrogens is 4. The molecule has 0 aliphatic carbocycles. The van der Waals surface area contributed by atoms with E-state index in [1.807, 2.05) is 24.3 Å². The van der Waals surface area contributed by atoms with Crippen LogP contribution in [0.3, 0.4) is 0 Å². The average molecular weight is 1190 g/mol. The first-order chi connectivity index (χ1) is 42.7. The maximum Gasteiger partial charge on any atom is 0.346 e. The van der Waals surface area contributed by atoms with Crippen LogP contribution in [0.4, 0.5) is 0 Å². The summed E-state index contributed by atoms with van der Waals surface area (Å²) in [7, 11) is 0. The number of nitrogens with one attached hydrogen (secondary N) is 2. The summed E-state index contributed by atoms with van der Waals surface area (Å²) in [6.45, 7) is 41.5. The fraction of sp³-hybridized carbons (Fsp3) is 0.286. The number of benzene rings is 9. The molecule has 9 aromatic carbocycles. The number of carbonyl (C=O) groups excluding carboxylic acids is 2. The molecule has 2 aliphatic rings. The zero-order valence-corrected chi connectivity index (χ0v) is 56.0. The maximum atomic E-state index is 13.4. The predicted molar refractivity (Wildman–Crippen MR) is 384 cm³/mol. The van der Waals surface area contributed by atoms with Crippen molar-refractivity contribution in [1.29, 1.82) is 0 Å². The number of nitrogens with zero attached hydrogens (tertiary/aromatic N) is 2. The van der Waals surface area contributed by atoms with Crippen molar-refractivity contribution in [3.8, 4) is 33.4 Å². The second-order valence-corrected chi connectivity index (χ2v) is 32.4. The van der Waals surface area contributed by atoms with Gasteiger partial charge < -0.3 is 14.7 Å². The van der Waals surface area contributed by atoms with E-state index in [1.54, 1.807) is 0 Å². The number of cyclic esters (lactones) is 2. The van der Waals surface area contributed by atoms with Crippen molar-refractivity contribution in [2.24, 2.45) is 0 Å². The summed E-state index contributed by atoms with van der Waals surface area (Å²) in [5.74, 6) is -1.24. The molecule has 0 saturated heterocycles. The fourth-order valence-corrected chi connectivity index (χ4v) is 14.5. The standard InChI is InChI=1S/C84H80N4O3/c1-79(2,3)46-33-43(34-47(39-46)80(4,5)6)68-61-27-28-62(85-61)69(44-35-48(81(7,8)9)40-49(36-44)82(10,11)12)64-31-32-66(87-64)75-57-24-21-53-55-23-26-59-74-58(77(89)91-78(59)90)25-22-54(72(55)74)52-19-20-56(73(57)71(52)53)60-42-67(88-76(60)75)70(65-30-29-63(68)86-65)45-37-50(83(13,14)15)41-51(38-45)84(16,17)18/h19-42,86-87H,1-18H3. The van der Waals surface area contributed by atoms with Gasteiger partial charge in [-0.1, -0.05) is 216 Å². The van der Waals surface area contributed by atoms with Crippen molar-refractivity contribution in [2.45, 2.75) is 157 Å². The van der Waals surface area contributed by atoms with E-state index in [0.29, 0.717) is 16.5 Å². The Morgan fingerprint density at radius 2 is 0.626 bits per heavy atom. The van der Waals surface area contributed by atoms with Gasteiger partial charge in [-0.2, -0.15) is 0 Å². The van der Waals surface area contributed by atoms with E-state index in [0.717, 1.165) is 137 Å². The zero-order chi connectivity index (χ0) is 64.3. The molecule has 0 spiro atoms. The molecule has 2 N–H and O–H groups in total. The Bertz CT molecular complexity index is 5360. The smallest absolute Gasteiger partial charge is 0.346 e. The molecule has 7 nitrogen and oxygen atoms in total. The van der Waals surface area contributed by atoms with Crippen molar-refractivity contribution < 1.29 is 14.3 Å². The molecule has 91 heavy (non-hydrogen) atoms. The zero-order valence-electron chi connectivity index (χ0n) is 56.0. The minimum atomic E-state index is -0.618. The van der Waals surface area contributed by atoms with Gasteiger partial charge in [0, 0.05) is 54.9 Å². The molecule has 4 aromatic heterocycles. The quantitative estimate of drug-likeness (QED) is 0.0794. The van der Waals surface area contributed by atoms with Crippen LogP contribution in [0, 0.1) is 0 Å². The summed E-state index contributed by atoms with van der Waals surface area (Å²) in [5, 5.41) is 12.0. The van der Waals surface area contributed by atoms with Gasteiger partial charge in [-0.25, -0.2) is 19.6 Å². The number of hydrogen-bond donors (Lipinski definition) is 2. The number of hydrogen-bond acceptors (Lipinski definition) is 5. The molecule has 2 aliphatic heterocycles. The summed E-state index contributed by atoms with van der Waals surface area (Å²) >= 11 is 0. The molecule has 0 saturated carbocycles. The van der Waals surface area contributed by atoms with Crippen LogP contribution in [-0.4, -0.2) is 31.9 Å². The van der Waals surface area contributed by atoms with Crippen LogP contribution in [-0.2, 0) is 37.2 Å². The van der Waals surface area contributed by atoms with Crippen molar-refractivity contribution in [1.82, 2.24) is 19.9 Å². The van der Waals surface area contributed by atoms with Gasteiger partial charge in [0.05, 0.1) is 33.5 Å². The molecule has 0 unspecified atom stereocenters. The molecular weight excluding hydrogens is 1110 g/mol. The molecule has 0 amide bonds. The van der Waals surface area contributed by atoms with E-state index in [2.05, 4.69) is 256 Å². The highest BCUT2D eigenvalue weighted by atomic mass is 16.6. The Morgan fingerprint density at radius 3 is 1.03 bits per heavy atom. The summed E-state index contributed by atoms with van der Waals surface area (Å²) in [6.07, 6.45) is 4.47. The highest BCUT2D eigenvalue weighted by Crippen LogP contribution is 2.51. The van der Waals surface area contributed by atoms with Crippen LogP contribution in [0.2, 0.25) is 0 Å². The van der Waals surface area contributed by atoms with Gasteiger partial charge >= 0.3 is 11.9 Å². The van der Waals surface area contributed by atoms with E-state index in [4.69, 9.17) is 14.7 Å². The maximum absolute atomic E-state index is 13.4. The molecule has 8 bridgehead atoms. The molecule has 0 atom stereocenters. The minimum Gasteiger partial charge on any atom is -0.386 e. The van der Waals surface area contributed by atoms with Gasteiger partial charge in [0.25, 0.3) is 0 Å². The lowest BCUT2D eigenvalue weighted by molar-refractivity contribution is 0.0391. The van der Waals surface area contributed by atoms with Gasteiger partial charge in [0.2, 0.25) is 0 Å². The number of esters is 2. The topological polar surface area (TPSA) is 101 Å². The van der Waals surface area contributed by atoms with Gasteiger partial charge in [0.1, 0.15) is 0 Å². The van der Waals surface area contributed by atoms with Crippen LogP contribution >= 0.6 is 0 Å². The van der Waals surface area contributed by atoms with E-state index in [9.17, 15) is 9.59 Å². The van der Waals surface area contributed by atoms with Crippen LogP contribution in [0.1, 0.15) is 190 Å². The lowest BCUT2D eigenvalue weighted by atomic mass is 9.78. The van der Waals surface area contributed by atoms with Crippen LogP contribution in [0.15, 0.2) is 133 Å². The molecule has 6 heterocycles. The third-order valence-corrected chi connectivity index (χ3v) is 19.8. The number of H-pyrrole nitrogens is 2. The van der Waals surface area contributed by atoms with Crippen LogP contribution in [0.5, 0.6) is 0 Å². The monoisotopic (exact) mass is 1190 g/mol. The van der Waals surface area contributed by atoms with E-state index in [-0.39, 0.29) is 32.5 Å². The minimum absolute atomic E-state index is 0.139. The SMILES string of the molecule is CC(C)(C)c1cc(-c2c3nc(c(-c4cc(C(C)(C)C)cc(C(C)(C)C)c4)c4ccc([nH]4)c4c5ccc6c7ccc8c9c(ccc(c%10ccc(c%11cc(nc%114)c(-c4cc(C(C)(C)C)cc(C(C)(C)C)c4)c4ccc2[nH]4)c5c%106)c97)C(=O)OC8=O)C=C3)cc(C(C)(C)C)c1. The first-order valence-corrected chi connectivity index (χ1v) is 32.4. The first kappa shape index (κ1) is 58.2. The normalized spacial score (nSPS) is 14.1. The lowest BCUT2D eigenvalue weighted by Gasteiger charge is -2.26. The lowest BCUT2D eigenvalue weighted by Crippen LogP contribution is -2.19. The third-order valence-electron chi connectivity index (χ3n) is 19.8. The highest BCUT2D eigenvalue weighted by Gasteiger charge is 2.32. The van der Waals surface area contributed by atoms with Crippen molar-refractivity contribution in [3.63, 3.8) is 0 Å². The Kier molecular flexibility index (Phi) is 12.3.